The predicted molar refractivity (Wildman–Crippen MR) is 104 cm³/mol. The van der Waals surface area contributed by atoms with Crippen molar-refractivity contribution in [2.24, 2.45) is 11.1 Å². The number of likely N-dealkylation sites (tertiary alicyclic amines) is 1. The Balaban J connectivity index is 1.67. The van der Waals surface area contributed by atoms with Gasteiger partial charge in [-0.2, -0.15) is 0 Å². The highest BCUT2D eigenvalue weighted by Crippen LogP contribution is 2.30. The summed E-state index contributed by atoms with van der Waals surface area (Å²) in [4.78, 5) is 19.6. The number of carbonyl (C=O) groups excluding carboxylic acids is 1. The van der Waals surface area contributed by atoms with Gasteiger partial charge in [0, 0.05) is 18.7 Å². The summed E-state index contributed by atoms with van der Waals surface area (Å²) in [5.41, 5.74) is 3.38. The van der Waals surface area contributed by atoms with Gasteiger partial charge in [0.2, 0.25) is 10.0 Å². The highest BCUT2D eigenvalue weighted by atomic mass is 32.2. The number of nitrogens with two attached hydrogens (primary N) is 1. The van der Waals surface area contributed by atoms with E-state index in [9.17, 15) is 13.2 Å². The van der Waals surface area contributed by atoms with Crippen LogP contribution in [0.2, 0.25) is 0 Å². The Labute approximate surface area is 158 Å². The van der Waals surface area contributed by atoms with E-state index >= 15 is 0 Å². The standard InChI is InChI=1S/C18H23N3O3S2/c1-12-3-4-15(13(2)9-12)17-20-10-16(25-17)18(22)21-7-5-14(6-8-21)11-26(19,23)24/h3-4,9-10,14H,5-8,11H2,1-2H3,(H2,19,23,24). The number of carbonyl (C=O) groups is 1. The fraction of sp³-hybridized carbons (Fsp3) is 0.444. The maximum absolute atomic E-state index is 12.7. The third-order valence-electron chi connectivity index (χ3n) is 4.70. The number of aromatic nitrogens is 1. The summed E-state index contributed by atoms with van der Waals surface area (Å²) in [6, 6.07) is 6.19. The number of hydrogen-bond donors (Lipinski definition) is 1. The second-order valence-corrected chi connectivity index (χ2v) is 9.60. The largest absolute Gasteiger partial charge is 0.338 e. The third-order valence-corrected chi connectivity index (χ3v) is 6.65. The molecule has 1 aromatic heterocycles. The van der Waals surface area contributed by atoms with Crippen LogP contribution < -0.4 is 5.14 Å². The third kappa shape index (κ3) is 4.49. The molecule has 0 atom stereocenters. The zero-order valence-corrected chi connectivity index (χ0v) is 16.6. The van der Waals surface area contributed by atoms with Crippen LogP contribution in [0.25, 0.3) is 10.6 Å². The van der Waals surface area contributed by atoms with E-state index in [4.69, 9.17) is 5.14 Å². The molecule has 2 heterocycles. The Morgan fingerprint density at radius 1 is 1.31 bits per heavy atom. The average Bonchev–Trinajstić information content (AvgIpc) is 3.03. The molecule has 1 aliphatic rings. The zero-order chi connectivity index (χ0) is 18.9. The minimum absolute atomic E-state index is 0.00750. The van der Waals surface area contributed by atoms with Crippen molar-refractivity contribution < 1.29 is 13.2 Å². The fourth-order valence-corrected chi connectivity index (χ4v) is 5.30. The molecule has 0 bridgehead atoms. The van der Waals surface area contributed by atoms with E-state index in [1.54, 1.807) is 11.1 Å². The molecular formula is C18H23N3O3S2. The number of primary sulfonamides is 1. The number of thiazole rings is 1. The summed E-state index contributed by atoms with van der Waals surface area (Å²) in [5.74, 6) is -0.0132. The number of hydrogen-bond acceptors (Lipinski definition) is 5. The SMILES string of the molecule is Cc1ccc(-c2ncc(C(=O)N3CCC(CS(N)(=O)=O)CC3)s2)c(C)c1. The van der Waals surface area contributed by atoms with Gasteiger partial charge in [-0.1, -0.05) is 23.8 Å². The molecule has 2 N–H and O–H groups in total. The van der Waals surface area contributed by atoms with Crippen LogP contribution >= 0.6 is 11.3 Å². The first-order valence-corrected chi connectivity index (χ1v) is 11.1. The van der Waals surface area contributed by atoms with Crippen molar-refractivity contribution in [1.82, 2.24) is 9.88 Å². The lowest BCUT2D eigenvalue weighted by molar-refractivity contribution is 0.0703. The van der Waals surface area contributed by atoms with Crippen LogP contribution in [0.15, 0.2) is 24.4 Å². The lowest BCUT2D eigenvalue weighted by atomic mass is 9.99. The predicted octanol–water partition coefficient (Wildman–Crippen LogP) is 2.57. The lowest BCUT2D eigenvalue weighted by Crippen LogP contribution is -2.40. The second-order valence-electron chi connectivity index (χ2n) is 6.91. The molecule has 1 aromatic carbocycles. The molecule has 0 spiro atoms. The van der Waals surface area contributed by atoms with Crippen LogP contribution in [0.4, 0.5) is 0 Å². The van der Waals surface area contributed by atoms with Crippen molar-refractivity contribution in [3.05, 3.63) is 40.4 Å². The minimum atomic E-state index is -3.46. The van der Waals surface area contributed by atoms with E-state index in [-0.39, 0.29) is 17.6 Å². The van der Waals surface area contributed by atoms with Gasteiger partial charge in [0.15, 0.2) is 0 Å². The summed E-state index contributed by atoms with van der Waals surface area (Å²) < 4.78 is 22.4. The Bertz CT molecular complexity index is 914. The Kier molecular flexibility index (Phi) is 5.45. The van der Waals surface area contributed by atoms with Gasteiger partial charge in [0.25, 0.3) is 5.91 Å². The highest BCUT2D eigenvalue weighted by molar-refractivity contribution is 7.89. The maximum atomic E-state index is 12.7. The highest BCUT2D eigenvalue weighted by Gasteiger charge is 2.27. The minimum Gasteiger partial charge on any atom is -0.338 e. The molecule has 140 valence electrons. The van der Waals surface area contributed by atoms with E-state index in [1.165, 1.54) is 16.9 Å². The molecule has 1 aliphatic heterocycles. The monoisotopic (exact) mass is 393 g/mol. The Morgan fingerprint density at radius 3 is 2.62 bits per heavy atom. The van der Waals surface area contributed by atoms with Crippen molar-refractivity contribution in [1.29, 1.82) is 0 Å². The van der Waals surface area contributed by atoms with Crippen molar-refractivity contribution in [3.8, 4) is 10.6 Å². The van der Waals surface area contributed by atoms with E-state index in [0.29, 0.717) is 30.8 Å². The van der Waals surface area contributed by atoms with Gasteiger partial charge >= 0.3 is 0 Å². The second kappa shape index (κ2) is 7.46. The number of aryl methyl sites for hydroxylation is 2. The number of nitrogens with zero attached hydrogens (tertiary/aromatic N) is 2. The fourth-order valence-electron chi connectivity index (χ4n) is 3.34. The van der Waals surface area contributed by atoms with Crippen LogP contribution in [0.5, 0.6) is 0 Å². The molecule has 1 amide bonds. The van der Waals surface area contributed by atoms with Crippen LogP contribution in [0.3, 0.4) is 0 Å². The van der Waals surface area contributed by atoms with Gasteiger partial charge < -0.3 is 4.90 Å². The average molecular weight is 394 g/mol. The maximum Gasteiger partial charge on any atom is 0.265 e. The number of benzene rings is 1. The van der Waals surface area contributed by atoms with Gasteiger partial charge in [0.05, 0.1) is 11.9 Å². The summed E-state index contributed by atoms with van der Waals surface area (Å²) >= 11 is 1.40. The van der Waals surface area contributed by atoms with Gasteiger partial charge in [-0.05, 0) is 38.2 Å². The topological polar surface area (TPSA) is 93.4 Å². The smallest absolute Gasteiger partial charge is 0.265 e. The van der Waals surface area contributed by atoms with E-state index in [2.05, 4.69) is 11.1 Å². The van der Waals surface area contributed by atoms with Crippen molar-refractivity contribution in [2.75, 3.05) is 18.8 Å². The molecule has 2 aromatic rings. The van der Waals surface area contributed by atoms with E-state index in [0.717, 1.165) is 16.1 Å². The molecule has 0 saturated carbocycles. The van der Waals surface area contributed by atoms with Crippen LogP contribution in [-0.4, -0.2) is 43.1 Å². The van der Waals surface area contributed by atoms with Gasteiger partial charge in [-0.15, -0.1) is 11.3 Å². The molecule has 0 aliphatic carbocycles. The zero-order valence-electron chi connectivity index (χ0n) is 14.9. The molecule has 1 saturated heterocycles. The molecular weight excluding hydrogens is 370 g/mol. The quantitative estimate of drug-likeness (QED) is 0.864. The summed E-state index contributed by atoms with van der Waals surface area (Å²) in [6.45, 7) is 5.19. The van der Waals surface area contributed by atoms with Crippen LogP contribution in [-0.2, 0) is 10.0 Å². The Morgan fingerprint density at radius 2 is 2.00 bits per heavy atom. The first-order valence-electron chi connectivity index (χ1n) is 8.56. The molecule has 8 heteroatoms. The van der Waals surface area contributed by atoms with Gasteiger partial charge in [0.1, 0.15) is 9.88 Å². The molecule has 0 unspecified atom stereocenters. The first kappa shape index (κ1) is 19.0. The molecule has 26 heavy (non-hydrogen) atoms. The van der Waals surface area contributed by atoms with Crippen molar-refractivity contribution in [2.45, 2.75) is 26.7 Å². The summed E-state index contributed by atoms with van der Waals surface area (Å²) in [7, 11) is -3.46. The molecule has 1 fully saturated rings. The Hall–Kier alpha value is -1.77. The molecule has 0 radical (unpaired) electrons. The summed E-state index contributed by atoms with van der Waals surface area (Å²) in [5, 5.41) is 5.96. The van der Waals surface area contributed by atoms with Crippen molar-refractivity contribution >= 4 is 27.3 Å². The van der Waals surface area contributed by atoms with Crippen molar-refractivity contribution in [3.63, 3.8) is 0 Å². The molecule has 6 nitrogen and oxygen atoms in total. The van der Waals surface area contributed by atoms with E-state index in [1.807, 2.05) is 26.0 Å². The lowest BCUT2D eigenvalue weighted by Gasteiger charge is -2.31. The number of piperidine rings is 1. The molecule has 3 rings (SSSR count). The van der Waals surface area contributed by atoms with Crippen LogP contribution in [0.1, 0.15) is 33.6 Å². The number of sulfonamides is 1. The summed E-state index contributed by atoms with van der Waals surface area (Å²) in [6.07, 6.45) is 2.95. The number of amides is 1. The normalized spacial score (nSPS) is 16.0. The first-order chi connectivity index (χ1) is 12.2. The number of rotatable bonds is 4. The van der Waals surface area contributed by atoms with Gasteiger partial charge in [-0.25, -0.2) is 18.5 Å². The van der Waals surface area contributed by atoms with E-state index < -0.39 is 10.0 Å². The van der Waals surface area contributed by atoms with Gasteiger partial charge in [-0.3, -0.25) is 4.79 Å². The van der Waals surface area contributed by atoms with Crippen LogP contribution in [0, 0.1) is 19.8 Å².